The number of para-hydroxylation sites is 2. The summed E-state index contributed by atoms with van der Waals surface area (Å²) >= 11 is 0. The van der Waals surface area contributed by atoms with E-state index in [9.17, 15) is 9.59 Å². The SMILES string of the molecule is O=c1cc(-c2ccccc2)n(-c2ccccc2)c(-c2ccccc2)n1.O=c1cc(-c2ccccc2)n(-c2ccccc2)c(-c2ccccc2)n1. The van der Waals surface area contributed by atoms with Crippen LogP contribution in [0.2, 0.25) is 0 Å². The molecule has 2 aromatic heterocycles. The molecule has 0 radical (unpaired) electrons. The summed E-state index contributed by atoms with van der Waals surface area (Å²) in [4.78, 5) is 33.3. The van der Waals surface area contributed by atoms with Gasteiger partial charge in [0, 0.05) is 34.6 Å². The smallest absolute Gasteiger partial charge is 0.273 e. The Morgan fingerprint density at radius 1 is 0.320 bits per heavy atom. The molecule has 0 fully saturated rings. The molecule has 0 unspecified atom stereocenters. The summed E-state index contributed by atoms with van der Waals surface area (Å²) in [7, 11) is 0. The van der Waals surface area contributed by atoms with Crippen molar-refractivity contribution in [2.75, 3.05) is 0 Å². The quantitative estimate of drug-likeness (QED) is 0.180. The van der Waals surface area contributed by atoms with Gasteiger partial charge < -0.3 is 0 Å². The number of nitrogens with zero attached hydrogens (tertiary/aromatic N) is 4. The highest BCUT2D eigenvalue weighted by Crippen LogP contribution is 2.29. The number of rotatable bonds is 6. The first-order chi connectivity index (χ1) is 24.7. The fourth-order valence-electron chi connectivity index (χ4n) is 5.85. The highest BCUT2D eigenvalue weighted by molar-refractivity contribution is 5.70. The first-order valence-corrected chi connectivity index (χ1v) is 16.3. The average molecular weight is 649 g/mol. The molecule has 0 saturated heterocycles. The van der Waals surface area contributed by atoms with Crippen LogP contribution < -0.4 is 11.1 Å². The highest BCUT2D eigenvalue weighted by Gasteiger charge is 2.16. The zero-order valence-corrected chi connectivity index (χ0v) is 27.1. The van der Waals surface area contributed by atoms with E-state index in [0.717, 1.165) is 45.0 Å². The number of benzene rings is 6. The van der Waals surface area contributed by atoms with Gasteiger partial charge in [0.15, 0.2) is 0 Å². The summed E-state index contributed by atoms with van der Waals surface area (Å²) in [5, 5.41) is 0. The van der Waals surface area contributed by atoms with Crippen LogP contribution in [0.4, 0.5) is 0 Å². The minimum absolute atomic E-state index is 0.245. The lowest BCUT2D eigenvalue weighted by Gasteiger charge is -2.18. The van der Waals surface area contributed by atoms with Gasteiger partial charge in [0.05, 0.1) is 11.4 Å². The van der Waals surface area contributed by atoms with Crippen molar-refractivity contribution in [1.82, 2.24) is 19.1 Å². The summed E-state index contributed by atoms with van der Waals surface area (Å²) in [6.45, 7) is 0. The van der Waals surface area contributed by atoms with Crippen molar-refractivity contribution in [2.24, 2.45) is 0 Å². The van der Waals surface area contributed by atoms with Crippen molar-refractivity contribution in [2.45, 2.75) is 0 Å². The maximum atomic E-state index is 12.3. The van der Waals surface area contributed by atoms with Gasteiger partial charge >= 0.3 is 0 Å². The third kappa shape index (κ3) is 7.00. The second-order valence-electron chi connectivity index (χ2n) is 11.4. The molecule has 0 aliphatic carbocycles. The van der Waals surface area contributed by atoms with Crippen LogP contribution in [0.5, 0.6) is 0 Å². The Kier molecular flexibility index (Phi) is 9.42. The third-order valence-corrected chi connectivity index (χ3v) is 8.09. The molecule has 0 bridgehead atoms. The standard InChI is InChI=1S/2C22H16N2O/c2*25-21-16-20(17-10-4-1-5-11-17)24(19-14-8-3-9-15-19)22(23-21)18-12-6-2-7-13-18/h2*1-16H. The van der Waals surface area contributed by atoms with Crippen LogP contribution in [-0.4, -0.2) is 19.1 Å². The first-order valence-electron chi connectivity index (χ1n) is 16.3. The molecule has 0 aliphatic rings. The summed E-state index contributed by atoms with van der Waals surface area (Å²) in [6, 6.07) is 62.6. The molecular formula is C44H32N4O2. The van der Waals surface area contributed by atoms with Gasteiger partial charge in [-0.2, -0.15) is 9.97 Å². The van der Waals surface area contributed by atoms with Gasteiger partial charge in [-0.05, 0) is 35.4 Å². The van der Waals surface area contributed by atoms with Crippen LogP contribution in [0.15, 0.2) is 204 Å². The Labute approximate surface area is 289 Å². The summed E-state index contributed by atoms with van der Waals surface area (Å²) in [5.41, 5.74) is 6.85. The molecule has 8 aromatic rings. The monoisotopic (exact) mass is 648 g/mol. The Bertz CT molecular complexity index is 2130. The zero-order valence-electron chi connectivity index (χ0n) is 27.1. The topological polar surface area (TPSA) is 69.8 Å². The molecule has 6 heteroatoms. The number of aromatic nitrogens is 4. The summed E-state index contributed by atoms with van der Waals surface area (Å²) in [6.07, 6.45) is 0. The molecule has 2 heterocycles. The van der Waals surface area contributed by atoms with Crippen molar-refractivity contribution in [3.8, 4) is 56.7 Å². The molecule has 0 amide bonds. The van der Waals surface area contributed by atoms with Gasteiger partial charge in [-0.1, -0.05) is 158 Å². The Morgan fingerprint density at radius 3 is 0.880 bits per heavy atom. The summed E-state index contributed by atoms with van der Waals surface area (Å²) in [5.74, 6) is 1.27. The fourth-order valence-corrected chi connectivity index (χ4v) is 5.85. The van der Waals surface area contributed by atoms with Crippen LogP contribution in [-0.2, 0) is 0 Å². The molecule has 0 saturated carbocycles. The lowest BCUT2D eigenvalue weighted by atomic mass is 10.1. The molecule has 6 aromatic carbocycles. The maximum Gasteiger partial charge on any atom is 0.273 e. The van der Waals surface area contributed by atoms with E-state index in [1.54, 1.807) is 12.1 Å². The van der Waals surface area contributed by atoms with Gasteiger partial charge in [0.25, 0.3) is 11.1 Å². The fraction of sp³-hybridized carbons (Fsp3) is 0. The van der Waals surface area contributed by atoms with E-state index >= 15 is 0 Å². The molecule has 6 nitrogen and oxygen atoms in total. The van der Waals surface area contributed by atoms with E-state index < -0.39 is 0 Å². The Hall–Kier alpha value is -6.92. The van der Waals surface area contributed by atoms with Crippen molar-refractivity contribution in [3.05, 3.63) is 215 Å². The van der Waals surface area contributed by atoms with Crippen molar-refractivity contribution in [1.29, 1.82) is 0 Å². The normalized spacial score (nSPS) is 10.6. The lowest BCUT2D eigenvalue weighted by Crippen LogP contribution is -2.15. The van der Waals surface area contributed by atoms with E-state index in [-0.39, 0.29) is 11.1 Å². The van der Waals surface area contributed by atoms with E-state index in [2.05, 4.69) is 9.97 Å². The maximum absolute atomic E-state index is 12.3. The zero-order chi connectivity index (χ0) is 34.1. The highest BCUT2D eigenvalue weighted by atomic mass is 16.1. The van der Waals surface area contributed by atoms with Gasteiger partial charge in [0.2, 0.25) is 0 Å². The molecule has 0 N–H and O–H groups in total. The van der Waals surface area contributed by atoms with E-state index in [1.165, 1.54) is 0 Å². The van der Waals surface area contributed by atoms with Gasteiger partial charge in [-0.15, -0.1) is 0 Å². The first kappa shape index (κ1) is 31.7. The largest absolute Gasteiger partial charge is 0.294 e. The van der Waals surface area contributed by atoms with Crippen molar-refractivity contribution >= 4 is 0 Å². The molecule has 8 rings (SSSR count). The molecule has 50 heavy (non-hydrogen) atoms. The van der Waals surface area contributed by atoms with E-state index in [4.69, 9.17) is 0 Å². The molecule has 240 valence electrons. The van der Waals surface area contributed by atoms with Crippen molar-refractivity contribution in [3.63, 3.8) is 0 Å². The predicted molar refractivity (Wildman–Crippen MR) is 201 cm³/mol. The predicted octanol–water partition coefficient (Wildman–Crippen LogP) is 9.13. The van der Waals surface area contributed by atoms with E-state index in [0.29, 0.717) is 11.6 Å². The Balaban J connectivity index is 0.000000157. The third-order valence-electron chi connectivity index (χ3n) is 8.09. The average Bonchev–Trinajstić information content (AvgIpc) is 3.19. The van der Waals surface area contributed by atoms with Crippen LogP contribution in [0.3, 0.4) is 0 Å². The van der Waals surface area contributed by atoms with Gasteiger partial charge in [-0.25, -0.2) is 0 Å². The van der Waals surface area contributed by atoms with Gasteiger partial charge in [-0.3, -0.25) is 18.7 Å². The van der Waals surface area contributed by atoms with Gasteiger partial charge in [0.1, 0.15) is 11.6 Å². The molecule has 0 aliphatic heterocycles. The minimum atomic E-state index is -0.245. The van der Waals surface area contributed by atoms with Crippen LogP contribution in [0.25, 0.3) is 56.7 Å². The van der Waals surface area contributed by atoms with Crippen LogP contribution in [0.1, 0.15) is 0 Å². The molecule has 0 atom stereocenters. The molecular weight excluding hydrogens is 617 g/mol. The Morgan fingerprint density at radius 2 is 0.580 bits per heavy atom. The van der Waals surface area contributed by atoms with Crippen molar-refractivity contribution < 1.29 is 0 Å². The second-order valence-corrected chi connectivity index (χ2v) is 11.4. The molecule has 0 spiro atoms. The van der Waals surface area contributed by atoms with Crippen LogP contribution >= 0.6 is 0 Å². The number of hydrogen-bond acceptors (Lipinski definition) is 4. The van der Waals surface area contributed by atoms with E-state index in [1.807, 2.05) is 191 Å². The minimum Gasteiger partial charge on any atom is -0.294 e. The second kappa shape index (κ2) is 14.9. The number of hydrogen-bond donors (Lipinski definition) is 0. The lowest BCUT2D eigenvalue weighted by molar-refractivity contribution is 0.984. The summed E-state index contributed by atoms with van der Waals surface area (Å²) < 4.78 is 4.07. The van der Waals surface area contributed by atoms with Crippen LogP contribution in [0, 0.1) is 0 Å².